The molecule has 10 nitrogen and oxygen atoms in total. The molecule has 30 heavy (non-hydrogen) atoms. The Morgan fingerprint density at radius 3 is 1.53 bits per heavy atom. The number of ether oxygens (including phenoxy) is 1. The largest absolute Gasteiger partial charge is 0.481 e. The molecule has 0 aliphatic carbocycles. The number of carboxylic acids is 1. The van der Waals surface area contributed by atoms with Gasteiger partial charge in [-0.1, -0.05) is 26.2 Å². The fraction of sp³-hybridized carbons (Fsp3) is 0.950. The fourth-order valence-electron chi connectivity index (χ4n) is 2.39. The van der Waals surface area contributed by atoms with E-state index in [1.54, 1.807) is 0 Å². The number of hydrogen-bond donors (Lipinski definition) is 8. The van der Waals surface area contributed by atoms with Gasteiger partial charge >= 0.3 is 5.97 Å². The second kappa shape index (κ2) is 18.9. The van der Waals surface area contributed by atoms with Crippen molar-refractivity contribution in [1.82, 2.24) is 0 Å². The van der Waals surface area contributed by atoms with Gasteiger partial charge in [-0.2, -0.15) is 0 Å². The minimum atomic E-state index is -1.11. The topological polar surface area (TPSA) is 188 Å². The van der Waals surface area contributed by atoms with E-state index < -0.39 is 43.2 Å². The van der Waals surface area contributed by atoms with Gasteiger partial charge in [0.05, 0.1) is 69.6 Å². The van der Waals surface area contributed by atoms with E-state index >= 15 is 0 Å². The van der Waals surface area contributed by atoms with Crippen molar-refractivity contribution in [1.29, 1.82) is 0 Å². The van der Waals surface area contributed by atoms with Gasteiger partial charge in [0.2, 0.25) is 0 Å². The maximum absolute atomic E-state index is 11.0. The van der Waals surface area contributed by atoms with E-state index in [1.807, 2.05) is 6.92 Å². The highest BCUT2D eigenvalue weighted by atomic mass is 16.5. The molecule has 0 spiro atoms. The van der Waals surface area contributed by atoms with Crippen LogP contribution < -0.4 is 0 Å². The van der Waals surface area contributed by atoms with Crippen LogP contribution >= 0.6 is 0 Å². The summed E-state index contributed by atoms with van der Waals surface area (Å²) in [7, 11) is 0. The van der Waals surface area contributed by atoms with E-state index in [2.05, 4.69) is 0 Å². The van der Waals surface area contributed by atoms with Gasteiger partial charge in [0.25, 0.3) is 0 Å². The summed E-state index contributed by atoms with van der Waals surface area (Å²) >= 11 is 0. The van der Waals surface area contributed by atoms with E-state index in [4.69, 9.17) is 45.6 Å². The first-order valence-electron chi connectivity index (χ1n) is 10.4. The first-order valence-corrected chi connectivity index (χ1v) is 10.4. The van der Waals surface area contributed by atoms with Crippen LogP contribution in [0.4, 0.5) is 0 Å². The molecule has 0 aromatic carbocycles. The number of rotatable bonds is 18. The molecule has 0 aliphatic heterocycles. The molecular weight excluding hydrogens is 400 g/mol. The lowest BCUT2D eigenvalue weighted by Gasteiger charge is -2.26. The van der Waals surface area contributed by atoms with Gasteiger partial charge in [-0.25, -0.2) is 0 Å². The van der Waals surface area contributed by atoms with Crippen molar-refractivity contribution >= 4 is 5.97 Å². The SMILES string of the molecule is CCCC(CCCCCOCC(CO)(CO)CO)C(=O)O.OCC(CO)(CO)CO. The van der Waals surface area contributed by atoms with Crippen molar-refractivity contribution < 1.29 is 50.4 Å². The Labute approximate surface area is 178 Å². The number of aliphatic carboxylic acids is 1. The Kier molecular flexibility index (Phi) is 19.7. The standard InChI is InChI=1S/C15H30O6.C5H12O4/c1-2-6-13(14(19)20)7-4-3-5-8-21-12-15(9-16,10-17)11-18;6-1-5(2-7,3-8)4-9/h13,16-18H,2-12H2,1H3,(H,19,20);6-9H,1-4H2. The monoisotopic (exact) mass is 442 g/mol. The van der Waals surface area contributed by atoms with Gasteiger partial charge in [-0.3, -0.25) is 4.79 Å². The third kappa shape index (κ3) is 12.8. The van der Waals surface area contributed by atoms with Crippen LogP contribution in [-0.4, -0.2) is 106 Å². The van der Waals surface area contributed by atoms with Gasteiger partial charge in [0.1, 0.15) is 0 Å². The molecule has 8 N–H and O–H groups in total. The van der Waals surface area contributed by atoms with Crippen molar-refractivity contribution in [2.24, 2.45) is 16.7 Å². The first kappa shape index (κ1) is 31.3. The van der Waals surface area contributed by atoms with Crippen molar-refractivity contribution in [3.05, 3.63) is 0 Å². The van der Waals surface area contributed by atoms with Crippen LogP contribution in [0.25, 0.3) is 0 Å². The molecule has 0 bridgehead atoms. The molecule has 0 aromatic rings. The Morgan fingerprint density at radius 1 is 0.733 bits per heavy atom. The molecule has 0 radical (unpaired) electrons. The summed E-state index contributed by atoms with van der Waals surface area (Å²) in [6.45, 7) is -0.0111. The lowest BCUT2D eigenvalue weighted by atomic mass is 9.93. The quantitative estimate of drug-likeness (QED) is 0.122. The average molecular weight is 443 g/mol. The molecule has 0 rings (SSSR count). The number of aliphatic hydroxyl groups is 7. The molecule has 0 fully saturated rings. The van der Waals surface area contributed by atoms with E-state index in [9.17, 15) is 4.79 Å². The highest BCUT2D eigenvalue weighted by Gasteiger charge is 2.28. The molecule has 1 atom stereocenters. The Balaban J connectivity index is 0. The zero-order valence-corrected chi connectivity index (χ0v) is 18.1. The second-order valence-electron chi connectivity index (χ2n) is 7.83. The third-order valence-corrected chi connectivity index (χ3v) is 5.08. The Bertz CT molecular complexity index is 371. The molecule has 0 saturated heterocycles. The fourth-order valence-corrected chi connectivity index (χ4v) is 2.39. The molecular formula is C20H42O10. The van der Waals surface area contributed by atoms with Gasteiger partial charge < -0.3 is 45.6 Å². The predicted octanol–water partition coefficient (Wildman–Crippen LogP) is -1.03. The van der Waals surface area contributed by atoms with E-state index in [-0.39, 0.29) is 32.3 Å². The molecule has 1 unspecified atom stereocenters. The summed E-state index contributed by atoms with van der Waals surface area (Å²) < 4.78 is 5.38. The molecule has 10 heteroatoms. The van der Waals surface area contributed by atoms with Crippen LogP contribution in [0.3, 0.4) is 0 Å². The van der Waals surface area contributed by atoms with E-state index in [0.717, 1.165) is 32.1 Å². The molecule has 0 saturated carbocycles. The summed E-state index contributed by atoms with van der Waals surface area (Å²) in [5, 5.41) is 70.4. The lowest BCUT2D eigenvalue weighted by molar-refractivity contribution is -0.142. The predicted molar refractivity (Wildman–Crippen MR) is 110 cm³/mol. The summed E-state index contributed by atoms with van der Waals surface area (Å²) in [4.78, 5) is 11.0. The second-order valence-corrected chi connectivity index (χ2v) is 7.83. The van der Waals surface area contributed by atoms with Crippen LogP contribution in [0.5, 0.6) is 0 Å². The maximum Gasteiger partial charge on any atom is 0.306 e. The molecule has 0 heterocycles. The number of carbonyl (C=O) groups is 1. The smallest absolute Gasteiger partial charge is 0.306 e. The number of unbranched alkanes of at least 4 members (excludes halogenated alkanes) is 2. The van der Waals surface area contributed by atoms with Crippen molar-refractivity contribution in [3.8, 4) is 0 Å². The molecule has 0 aromatic heterocycles. The summed E-state index contributed by atoms with van der Waals surface area (Å²) in [5.41, 5.74) is -2.09. The number of hydrogen-bond acceptors (Lipinski definition) is 9. The van der Waals surface area contributed by atoms with Crippen LogP contribution in [0.15, 0.2) is 0 Å². The van der Waals surface area contributed by atoms with Gasteiger partial charge in [0.15, 0.2) is 0 Å². The molecule has 182 valence electrons. The van der Waals surface area contributed by atoms with Crippen LogP contribution in [0.2, 0.25) is 0 Å². The summed E-state index contributed by atoms with van der Waals surface area (Å²) in [6, 6.07) is 0. The number of aliphatic hydroxyl groups excluding tert-OH is 7. The normalized spacial score (nSPS) is 12.9. The van der Waals surface area contributed by atoms with Crippen molar-refractivity contribution in [2.75, 3.05) is 59.5 Å². The maximum atomic E-state index is 11.0. The van der Waals surface area contributed by atoms with Gasteiger partial charge in [-0.05, 0) is 19.3 Å². The van der Waals surface area contributed by atoms with E-state index in [1.165, 1.54) is 0 Å². The van der Waals surface area contributed by atoms with Crippen LogP contribution in [-0.2, 0) is 9.53 Å². The van der Waals surface area contributed by atoms with Crippen molar-refractivity contribution in [2.45, 2.75) is 45.4 Å². The van der Waals surface area contributed by atoms with Crippen LogP contribution in [0, 0.1) is 16.7 Å². The first-order chi connectivity index (χ1) is 14.3. The molecule has 0 amide bonds. The summed E-state index contributed by atoms with van der Waals surface area (Å²) in [5.74, 6) is -0.964. The minimum absolute atomic E-state index is 0.115. The Morgan fingerprint density at radius 2 is 1.20 bits per heavy atom. The lowest BCUT2D eigenvalue weighted by Crippen LogP contribution is -2.38. The average Bonchev–Trinajstić information content (AvgIpc) is 2.77. The number of carboxylic acid groups (broad SMARTS) is 1. The minimum Gasteiger partial charge on any atom is -0.481 e. The van der Waals surface area contributed by atoms with Crippen molar-refractivity contribution in [3.63, 3.8) is 0 Å². The van der Waals surface area contributed by atoms with E-state index in [0.29, 0.717) is 13.0 Å². The Hall–Kier alpha value is -0.850. The van der Waals surface area contributed by atoms with Gasteiger partial charge in [-0.15, -0.1) is 0 Å². The van der Waals surface area contributed by atoms with Gasteiger partial charge in [0, 0.05) is 6.61 Å². The van der Waals surface area contributed by atoms with Crippen LogP contribution in [0.1, 0.15) is 45.4 Å². The third-order valence-electron chi connectivity index (χ3n) is 5.08. The zero-order valence-electron chi connectivity index (χ0n) is 18.1. The zero-order chi connectivity index (χ0) is 23.5. The molecule has 0 aliphatic rings. The highest BCUT2D eigenvalue weighted by molar-refractivity contribution is 5.69. The summed E-state index contributed by atoms with van der Waals surface area (Å²) in [6.07, 6.45) is 4.83. The highest BCUT2D eigenvalue weighted by Crippen LogP contribution is 2.17.